The van der Waals surface area contributed by atoms with Crippen LogP contribution in [0.25, 0.3) is 0 Å². The van der Waals surface area contributed by atoms with Crippen molar-refractivity contribution in [1.82, 2.24) is 14.3 Å². The highest BCUT2D eigenvalue weighted by molar-refractivity contribution is 7.87. The first kappa shape index (κ1) is 12.9. The molecule has 5 nitrogen and oxygen atoms in total. The summed E-state index contributed by atoms with van der Waals surface area (Å²) in [6, 6.07) is 0.104. The molecule has 1 heterocycles. The molecule has 1 aliphatic rings. The van der Waals surface area contributed by atoms with Crippen molar-refractivity contribution in [3.63, 3.8) is 0 Å². The molecule has 0 saturated carbocycles. The van der Waals surface area contributed by atoms with Crippen LogP contribution in [0.5, 0.6) is 0 Å². The van der Waals surface area contributed by atoms with Gasteiger partial charge in [0.25, 0.3) is 10.2 Å². The first-order valence-electron chi connectivity index (χ1n) is 5.59. The molecule has 0 amide bonds. The Bertz CT molecular complexity index is 273. The molecular formula is C9H21N3O2S. The first-order valence-corrected chi connectivity index (χ1v) is 7.03. The number of nitrogens with one attached hydrogen (secondary N) is 2. The van der Waals surface area contributed by atoms with Crippen LogP contribution in [0.4, 0.5) is 0 Å². The molecule has 1 unspecified atom stereocenters. The molecule has 0 aliphatic carbocycles. The van der Waals surface area contributed by atoms with Gasteiger partial charge in [0.2, 0.25) is 0 Å². The average molecular weight is 235 g/mol. The molecule has 15 heavy (non-hydrogen) atoms. The molecule has 6 heteroatoms. The third kappa shape index (κ3) is 3.41. The highest BCUT2D eigenvalue weighted by Gasteiger charge is 2.28. The predicted molar refractivity (Wildman–Crippen MR) is 60.9 cm³/mol. The van der Waals surface area contributed by atoms with Gasteiger partial charge in [0.05, 0.1) is 0 Å². The van der Waals surface area contributed by atoms with Gasteiger partial charge in [0.1, 0.15) is 0 Å². The average Bonchev–Trinajstić information content (AvgIpc) is 2.19. The van der Waals surface area contributed by atoms with Gasteiger partial charge in [0, 0.05) is 25.7 Å². The van der Waals surface area contributed by atoms with Crippen molar-refractivity contribution in [3.05, 3.63) is 0 Å². The third-order valence-electron chi connectivity index (χ3n) is 2.63. The normalized spacial score (nSPS) is 23.3. The van der Waals surface area contributed by atoms with Crippen LogP contribution in [0.1, 0.15) is 26.7 Å². The molecule has 0 aromatic carbocycles. The fourth-order valence-electron chi connectivity index (χ4n) is 1.97. The smallest absolute Gasteiger partial charge is 0.279 e. The van der Waals surface area contributed by atoms with Gasteiger partial charge in [-0.25, -0.2) is 4.72 Å². The molecule has 1 rings (SSSR count). The highest BCUT2D eigenvalue weighted by Crippen LogP contribution is 2.13. The molecule has 0 spiro atoms. The number of hydrogen-bond acceptors (Lipinski definition) is 3. The van der Waals surface area contributed by atoms with E-state index in [0.29, 0.717) is 13.1 Å². The second-order valence-electron chi connectivity index (χ2n) is 3.71. The standard InChI is InChI=1S/C9H21N3O2S/c1-3-11-15(13,14)12(4-2)9-6-5-7-10-8-9/h9-11H,3-8H2,1-2H3. The van der Waals surface area contributed by atoms with Gasteiger partial charge in [-0.3, -0.25) is 0 Å². The Morgan fingerprint density at radius 3 is 2.67 bits per heavy atom. The maximum absolute atomic E-state index is 11.8. The van der Waals surface area contributed by atoms with Gasteiger partial charge >= 0.3 is 0 Å². The molecule has 1 fully saturated rings. The fraction of sp³-hybridized carbons (Fsp3) is 1.00. The van der Waals surface area contributed by atoms with E-state index in [0.717, 1.165) is 25.9 Å². The Morgan fingerprint density at radius 1 is 1.47 bits per heavy atom. The van der Waals surface area contributed by atoms with Gasteiger partial charge in [-0.2, -0.15) is 12.7 Å². The van der Waals surface area contributed by atoms with Crippen LogP contribution in [-0.2, 0) is 10.2 Å². The molecule has 1 aliphatic heterocycles. The van der Waals surface area contributed by atoms with Gasteiger partial charge in [-0.05, 0) is 19.4 Å². The number of rotatable bonds is 5. The van der Waals surface area contributed by atoms with Crippen molar-refractivity contribution in [2.45, 2.75) is 32.7 Å². The SMILES string of the molecule is CCNS(=O)(=O)N(CC)C1CCCNC1. The van der Waals surface area contributed by atoms with Crippen LogP contribution < -0.4 is 10.0 Å². The van der Waals surface area contributed by atoms with Gasteiger partial charge in [-0.1, -0.05) is 13.8 Å². The Morgan fingerprint density at radius 2 is 2.20 bits per heavy atom. The number of likely N-dealkylation sites (N-methyl/N-ethyl adjacent to an activating group) is 1. The Kier molecular flexibility index (Phi) is 4.98. The summed E-state index contributed by atoms with van der Waals surface area (Å²) >= 11 is 0. The molecule has 90 valence electrons. The molecule has 0 aromatic rings. The Balaban J connectivity index is 2.68. The predicted octanol–water partition coefficient (Wildman–Crippen LogP) is -0.0854. The van der Waals surface area contributed by atoms with E-state index in [1.54, 1.807) is 11.2 Å². The molecule has 2 N–H and O–H groups in total. The summed E-state index contributed by atoms with van der Waals surface area (Å²) in [6.45, 7) is 6.41. The van der Waals surface area contributed by atoms with E-state index in [-0.39, 0.29) is 6.04 Å². The topological polar surface area (TPSA) is 61.4 Å². The lowest BCUT2D eigenvalue weighted by atomic mass is 10.1. The molecule has 0 aromatic heterocycles. The molecule has 1 saturated heterocycles. The minimum absolute atomic E-state index is 0.104. The van der Waals surface area contributed by atoms with E-state index in [1.807, 2.05) is 6.92 Å². The maximum Gasteiger partial charge on any atom is 0.279 e. The molecule has 1 atom stereocenters. The summed E-state index contributed by atoms with van der Waals surface area (Å²) in [4.78, 5) is 0. The number of piperidine rings is 1. The van der Waals surface area contributed by atoms with Crippen molar-refractivity contribution in [3.8, 4) is 0 Å². The molecule has 0 bridgehead atoms. The first-order chi connectivity index (χ1) is 7.11. The van der Waals surface area contributed by atoms with Crippen LogP contribution in [0.15, 0.2) is 0 Å². The van der Waals surface area contributed by atoms with E-state index in [9.17, 15) is 8.42 Å². The van der Waals surface area contributed by atoms with Crippen molar-refractivity contribution in [1.29, 1.82) is 0 Å². The minimum atomic E-state index is -3.28. The number of nitrogens with zero attached hydrogens (tertiary/aromatic N) is 1. The van der Waals surface area contributed by atoms with Crippen LogP contribution in [0.2, 0.25) is 0 Å². The number of hydrogen-bond donors (Lipinski definition) is 2. The van der Waals surface area contributed by atoms with Crippen LogP contribution in [-0.4, -0.2) is 44.9 Å². The Labute approximate surface area is 92.4 Å². The summed E-state index contributed by atoms with van der Waals surface area (Å²) in [7, 11) is -3.28. The fourth-order valence-corrected chi connectivity index (χ4v) is 3.41. The third-order valence-corrected chi connectivity index (χ3v) is 4.45. The van der Waals surface area contributed by atoms with Gasteiger partial charge < -0.3 is 5.32 Å². The maximum atomic E-state index is 11.8. The largest absolute Gasteiger partial charge is 0.315 e. The van der Waals surface area contributed by atoms with E-state index >= 15 is 0 Å². The lowest BCUT2D eigenvalue weighted by Crippen LogP contribution is -2.52. The summed E-state index contributed by atoms with van der Waals surface area (Å²) in [6.07, 6.45) is 1.99. The van der Waals surface area contributed by atoms with Crippen molar-refractivity contribution in [2.24, 2.45) is 0 Å². The highest BCUT2D eigenvalue weighted by atomic mass is 32.2. The van der Waals surface area contributed by atoms with Gasteiger partial charge in [-0.15, -0.1) is 0 Å². The quantitative estimate of drug-likeness (QED) is 0.700. The van der Waals surface area contributed by atoms with Crippen molar-refractivity contribution < 1.29 is 8.42 Å². The zero-order valence-electron chi connectivity index (χ0n) is 9.49. The molecular weight excluding hydrogens is 214 g/mol. The van der Waals surface area contributed by atoms with Gasteiger partial charge in [0.15, 0.2) is 0 Å². The summed E-state index contributed by atoms with van der Waals surface area (Å²) in [5.41, 5.74) is 0. The second-order valence-corrected chi connectivity index (χ2v) is 5.41. The Hall–Kier alpha value is -0.170. The van der Waals surface area contributed by atoms with Crippen molar-refractivity contribution >= 4 is 10.2 Å². The van der Waals surface area contributed by atoms with Crippen LogP contribution in [0, 0.1) is 0 Å². The zero-order valence-corrected chi connectivity index (χ0v) is 10.3. The minimum Gasteiger partial charge on any atom is -0.315 e. The zero-order chi connectivity index (χ0) is 11.3. The molecule has 0 radical (unpaired) electrons. The monoisotopic (exact) mass is 235 g/mol. The van der Waals surface area contributed by atoms with E-state index in [1.165, 1.54) is 0 Å². The van der Waals surface area contributed by atoms with E-state index in [2.05, 4.69) is 10.0 Å². The lowest BCUT2D eigenvalue weighted by Gasteiger charge is -2.32. The lowest BCUT2D eigenvalue weighted by molar-refractivity contribution is 0.271. The van der Waals surface area contributed by atoms with Crippen molar-refractivity contribution in [2.75, 3.05) is 26.2 Å². The summed E-state index contributed by atoms with van der Waals surface area (Å²) in [5.74, 6) is 0. The van der Waals surface area contributed by atoms with Crippen LogP contribution >= 0.6 is 0 Å². The van der Waals surface area contributed by atoms with E-state index < -0.39 is 10.2 Å². The summed E-state index contributed by atoms with van der Waals surface area (Å²) in [5, 5.41) is 3.23. The van der Waals surface area contributed by atoms with Crippen LogP contribution in [0.3, 0.4) is 0 Å². The second kappa shape index (κ2) is 5.79. The van der Waals surface area contributed by atoms with E-state index in [4.69, 9.17) is 0 Å². The summed E-state index contributed by atoms with van der Waals surface area (Å²) < 4.78 is 27.8.